The van der Waals surface area contributed by atoms with Crippen molar-refractivity contribution in [2.45, 2.75) is 39.7 Å². The smallest absolute Gasteiger partial charge is 0.238 e. The van der Waals surface area contributed by atoms with E-state index >= 15 is 0 Å². The zero-order valence-corrected chi connectivity index (χ0v) is 15.3. The third kappa shape index (κ3) is 5.40. The molecule has 25 heavy (non-hydrogen) atoms. The van der Waals surface area contributed by atoms with Gasteiger partial charge in [-0.1, -0.05) is 58.0 Å². The van der Waals surface area contributed by atoms with Crippen molar-refractivity contribution in [2.24, 2.45) is 5.92 Å². The molecule has 0 unspecified atom stereocenters. The third-order valence-electron chi connectivity index (χ3n) is 4.24. The molecule has 0 heterocycles. The van der Waals surface area contributed by atoms with E-state index in [0.29, 0.717) is 5.92 Å². The van der Waals surface area contributed by atoms with Crippen LogP contribution in [0.15, 0.2) is 48.5 Å². The number of hydrogen-bond acceptors (Lipinski definition) is 2. The number of hydrogen-bond donors (Lipinski definition) is 2. The molecule has 0 aliphatic carbocycles. The standard InChI is InChI=1S/C21H27FN2O/c1-14(2)18-7-5-6-8-19(18)24-20(25)13-23-21(15(3)4)16-9-11-17(22)12-10-16/h5-12,14-15,21,23H,13H2,1-4H3,(H,24,25)/t21-/m1/s1. The monoisotopic (exact) mass is 342 g/mol. The van der Waals surface area contributed by atoms with E-state index < -0.39 is 0 Å². The van der Waals surface area contributed by atoms with Gasteiger partial charge in [0.05, 0.1) is 6.54 Å². The van der Waals surface area contributed by atoms with Gasteiger partial charge in [0.15, 0.2) is 0 Å². The van der Waals surface area contributed by atoms with Gasteiger partial charge in [0.1, 0.15) is 5.82 Å². The molecule has 0 spiro atoms. The van der Waals surface area contributed by atoms with Crippen molar-refractivity contribution in [2.75, 3.05) is 11.9 Å². The summed E-state index contributed by atoms with van der Waals surface area (Å²) in [5.41, 5.74) is 2.95. The molecule has 0 aliphatic heterocycles. The predicted molar refractivity (Wildman–Crippen MR) is 101 cm³/mol. The van der Waals surface area contributed by atoms with Crippen LogP contribution in [0.2, 0.25) is 0 Å². The Morgan fingerprint density at radius 3 is 2.24 bits per heavy atom. The molecule has 1 amide bonds. The zero-order valence-electron chi connectivity index (χ0n) is 15.3. The fourth-order valence-corrected chi connectivity index (χ4v) is 2.92. The van der Waals surface area contributed by atoms with Crippen LogP contribution in [0.4, 0.5) is 10.1 Å². The maximum Gasteiger partial charge on any atom is 0.238 e. The average Bonchev–Trinajstić information content (AvgIpc) is 2.56. The van der Waals surface area contributed by atoms with Crippen LogP contribution in [-0.4, -0.2) is 12.5 Å². The van der Waals surface area contributed by atoms with E-state index in [4.69, 9.17) is 0 Å². The van der Waals surface area contributed by atoms with Crippen LogP contribution in [0.1, 0.15) is 50.8 Å². The van der Waals surface area contributed by atoms with Gasteiger partial charge in [-0.3, -0.25) is 4.79 Å². The normalized spacial score (nSPS) is 12.4. The minimum absolute atomic E-state index is 0.00769. The second-order valence-electron chi connectivity index (χ2n) is 6.94. The largest absolute Gasteiger partial charge is 0.325 e. The van der Waals surface area contributed by atoms with Gasteiger partial charge in [-0.25, -0.2) is 4.39 Å². The first-order valence-electron chi connectivity index (χ1n) is 8.76. The van der Waals surface area contributed by atoms with E-state index in [-0.39, 0.29) is 30.2 Å². The third-order valence-corrected chi connectivity index (χ3v) is 4.24. The van der Waals surface area contributed by atoms with Crippen LogP contribution >= 0.6 is 0 Å². The Balaban J connectivity index is 2.01. The molecule has 0 saturated heterocycles. The molecule has 0 radical (unpaired) electrons. The van der Waals surface area contributed by atoms with Gasteiger partial charge in [-0.15, -0.1) is 0 Å². The molecule has 134 valence electrons. The Kier molecular flexibility index (Phi) is 6.71. The molecule has 2 N–H and O–H groups in total. The lowest BCUT2D eigenvalue weighted by molar-refractivity contribution is -0.115. The van der Waals surface area contributed by atoms with Gasteiger partial charge in [0.2, 0.25) is 5.91 Å². The number of benzene rings is 2. The summed E-state index contributed by atoms with van der Waals surface area (Å²) in [5.74, 6) is 0.281. The Labute approximate surface area is 149 Å². The van der Waals surface area contributed by atoms with Crippen molar-refractivity contribution in [1.82, 2.24) is 5.32 Å². The number of para-hydroxylation sites is 1. The number of carbonyl (C=O) groups excluding carboxylic acids is 1. The first-order valence-corrected chi connectivity index (χ1v) is 8.76. The van der Waals surface area contributed by atoms with E-state index in [0.717, 1.165) is 16.8 Å². The Bertz CT molecular complexity index is 695. The van der Waals surface area contributed by atoms with Crippen LogP contribution in [0, 0.1) is 11.7 Å². The SMILES string of the molecule is CC(C)c1ccccc1NC(=O)CN[C@@H](c1ccc(F)cc1)C(C)C. The topological polar surface area (TPSA) is 41.1 Å². The summed E-state index contributed by atoms with van der Waals surface area (Å²) in [4.78, 5) is 12.4. The highest BCUT2D eigenvalue weighted by atomic mass is 19.1. The summed E-state index contributed by atoms with van der Waals surface area (Å²) in [6.45, 7) is 8.56. The summed E-state index contributed by atoms with van der Waals surface area (Å²) in [5, 5.41) is 6.27. The fraction of sp³-hybridized carbons (Fsp3) is 0.381. The average molecular weight is 342 g/mol. The molecule has 2 aromatic carbocycles. The molecule has 3 nitrogen and oxygen atoms in total. The van der Waals surface area contributed by atoms with Crippen molar-refractivity contribution in [3.05, 3.63) is 65.5 Å². The van der Waals surface area contributed by atoms with Crippen LogP contribution in [-0.2, 0) is 4.79 Å². The lowest BCUT2D eigenvalue weighted by Crippen LogP contribution is -2.33. The zero-order chi connectivity index (χ0) is 18.4. The van der Waals surface area contributed by atoms with Crippen molar-refractivity contribution in [3.8, 4) is 0 Å². The van der Waals surface area contributed by atoms with Crippen molar-refractivity contribution < 1.29 is 9.18 Å². The molecule has 0 aliphatic rings. The van der Waals surface area contributed by atoms with Crippen LogP contribution < -0.4 is 10.6 Å². The van der Waals surface area contributed by atoms with E-state index in [9.17, 15) is 9.18 Å². The van der Waals surface area contributed by atoms with E-state index in [1.54, 1.807) is 12.1 Å². The summed E-state index contributed by atoms with van der Waals surface area (Å²) < 4.78 is 13.1. The maximum absolute atomic E-state index is 13.1. The number of amides is 1. The number of rotatable bonds is 7. The molecule has 2 rings (SSSR count). The highest BCUT2D eigenvalue weighted by Gasteiger charge is 2.17. The highest BCUT2D eigenvalue weighted by Crippen LogP contribution is 2.24. The first kappa shape index (κ1) is 19.1. The Hall–Kier alpha value is -2.20. The Morgan fingerprint density at radius 2 is 1.64 bits per heavy atom. The predicted octanol–water partition coefficient (Wildman–Crippen LogP) is 4.87. The first-order chi connectivity index (χ1) is 11.9. The molecular weight excluding hydrogens is 315 g/mol. The second kappa shape index (κ2) is 8.77. The van der Waals surface area contributed by atoms with E-state index in [2.05, 4.69) is 38.3 Å². The van der Waals surface area contributed by atoms with Gasteiger partial charge in [-0.05, 0) is 41.2 Å². The second-order valence-corrected chi connectivity index (χ2v) is 6.94. The number of halogens is 1. The summed E-state index contributed by atoms with van der Waals surface area (Å²) in [7, 11) is 0. The lowest BCUT2D eigenvalue weighted by Gasteiger charge is -2.23. The fourth-order valence-electron chi connectivity index (χ4n) is 2.92. The quantitative estimate of drug-likeness (QED) is 0.753. The summed E-state index contributed by atoms with van der Waals surface area (Å²) in [6, 6.07) is 14.3. The summed E-state index contributed by atoms with van der Waals surface area (Å²) in [6.07, 6.45) is 0. The van der Waals surface area contributed by atoms with Crippen LogP contribution in [0.5, 0.6) is 0 Å². The minimum atomic E-state index is -0.255. The molecule has 4 heteroatoms. The van der Waals surface area contributed by atoms with Gasteiger partial charge >= 0.3 is 0 Å². The molecule has 0 fully saturated rings. The number of carbonyl (C=O) groups is 1. The van der Waals surface area contributed by atoms with Crippen LogP contribution in [0.25, 0.3) is 0 Å². The Morgan fingerprint density at radius 1 is 1.00 bits per heavy atom. The molecule has 0 aromatic heterocycles. The highest BCUT2D eigenvalue weighted by molar-refractivity contribution is 5.93. The van der Waals surface area contributed by atoms with Gasteiger partial charge in [-0.2, -0.15) is 0 Å². The van der Waals surface area contributed by atoms with Gasteiger partial charge in [0, 0.05) is 11.7 Å². The molecule has 0 bridgehead atoms. The molecule has 1 atom stereocenters. The lowest BCUT2D eigenvalue weighted by atomic mass is 9.96. The van der Waals surface area contributed by atoms with E-state index in [1.807, 2.05) is 24.3 Å². The minimum Gasteiger partial charge on any atom is -0.325 e. The molecule has 0 saturated carbocycles. The molecular formula is C21H27FN2O. The van der Waals surface area contributed by atoms with Crippen molar-refractivity contribution >= 4 is 11.6 Å². The number of anilines is 1. The van der Waals surface area contributed by atoms with Gasteiger partial charge in [0.25, 0.3) is 0 Å². The maximum atomic E-state index is 13.1. The molecule has 2 aromatic rings. The summed E-state index contributed by atoms with van der Waals surface area (Å²) >= 11 is 0. The van der Waals surface area contributed by atoms with Gasteiger partial charge < -0.3 is 10.6 Å². The van der Waals surface area contributed by atoms with E-state index in [1.165, 1.54) is 12.1 Å². The van der Waals surface area contributed by atoms with Crippen molar-refractivity contribution in [3.63, 3.8) is 0 Å². The number of nitrogens with one attached hydrogen (secondary N) is 2. The van der Waals surface area contributed by atoms with Crippen molar-refractivity contribution in [1.29, 1.82) is 0 Å². The van der Waals surface area contributed by atoms with Crippen LogP contribution in [0.3, 0.4) is 0 Å².